The molecule has 3 heteroatoms. The molecule has 0 aliphatic heterocycles. The van der Waals surface area contributed by atoms with Crippen LogP contribution in [0.5, 0.6) is 11.5 Å². The zero-order valence-electron chi connectivity index (χ0n) is 9.04. The van der Waals surface area contributed by atoms with Crippen LogP contribution in [0.25, 0.3) is 0 Å². The second-order valence-electron chi connectivity index (χ2n) is 3.22. The minimum atomic E-state index is 0.315. The van der Waals surface area contributed by atoms with Gasteiger partial charge >= 0.3 is 0 Å². The molecule has 0 amide bonds. The molecule has 0 spiro atoms. The molecule has 78 valence electrons. The van der Waals surface area contributed by atoms with Gasteiger partial charge in [0.1, 0.15) is 6.04 Å². The van der Waals surface area contributed by atoms with Crippen molar-refractivity contribution in [3.05, 3.63) is 23.8 Å². The highest BCUT2D eigenvalue weighted by atomic mass is 16.5. The van der Waals surface area contributed by atoms with Crippen LogP contribution < -0.4 is 15.2 Å². The van der Waals surface area contributed by atoms with Gasteiger partial charge in [-0.05, 0) is 18.2 Å². The average Bonchev–Trinajstić information content (AvgIpc) is 2.26. The van der Waals surface area contributed by atoms with Crippen molar-refractivity contribution in [2.45, 2.75) is 19.4 Å². The van der Waals surface area contributed by atoms with E-state index in [4.69, 9.17) is 9.47 Å². The largest absolute Gasteiger partial charge is 0.493 e. The van der Waals surface area contributed by atoms with Crippen molar-refractivity contribution in [3.63, 3.8) is 0 Å². The molecular formula is C11H18NO2+. The smallest absolute Gasteiger partial charge is 0.161 e. The number of ether oxygens (including phenoxy) is 2. The predicted octanol–water partition coefficient (Wildman–Crippen LogP) is 1.40. The Hall–Kier alpha value is -1.22. The zero-order chi connectivity index (χ0) is 10.6. The third kappa shape index (κ3) is 2.17. The minimum Gasteiger partial charge on any atom is -0.493 e. The Morgan fingerprint density at radius 2 is 1.86 bits per heavy atom. The first kappa shape index (κ1) is 10.9. The number of hydrogen-bond donors (Lipinski definition) is 1. The van der Waals surface area contributed by atoms with Gasteiger partial charge in [0.05, 0.1) is 14.2 Å². The highest BCUT2D eigenvalue weighted by Gasteiger charge is 2.10. The molecule has 0 bridgehead atoms. The molecule has 0 fully saturated rings. The third-order valence-corrected chi connectivity index (χ3v) is 2.37. The lowest BCUT2D eigenvalue weighted by molar-refractivity contribution is -0.427. The van der Waals surface area contributed by atoms with E-state index in [1.165, 1.54) is 5.56 Å². The van der Waals surface area contributed by atoms with Crippen LogP contribution >= 0.6 is 0 Å². The molecule has 0 aliphatic carbocycles. The molecule has 0 radical (unpaired) electrons. The van der Waals surface area contributed by atoms with Gasteiger partial charge < -0.3 is 15.2 Å². The van der Waals surface area contributed by atoms with Crippen LogP contribution in [-0.2, 0) is 0 Å². The molecule has 0 aromatic heterocycles. The Kier molecular flexibility index (Phi) is 3.77. The van der Waals surface area contributed by atoms with Gasteiger partial charge in [-0.1, -0.05) is 6.92 Å². The van der Waals surface area contributed by atoms with Crippen molar-refractivity contribution in [2.75, 3.05) is 14.2 Å². The van der Waals surface area contributed by atoms with E-state index in [-0.39, 0.29) is 0 Å². The van der Waals surface area contributed by atoms with E-state index in [0.29, 0.717) is 6.04 Å². The molecule has 1 aromatic carbocycles. The topological polar surface area (TPSA) is 46.1 Å². The Morgan fingerprint density at radius 1 is 1.21 bits per heavy atom. The fourth-order valence-electron chi connectivity index (χ4n) is 1.34. The summed E-state index contributed by atoms with van der Waals surface area (Å²) < 4.78 is 10.4. The summed E-state index contributed by atoms with van der Waals surface area (Å²) >= 11 is 0. The minimum absolute atomic E-state index is 0.315. The summed E-state index contributed by atoms with van der Waals surface area (Å²) in [6.45, 7) is 2.12. The molecule has 1 atom stereocenters. The Bertz CT molecular complexity index is 299. The fourth-order valence-corrected chi connectivity index (χ4v) is 1.34. The maximum Gasteiger partial charge on any atom is 0.161 e. The maximum atomic E-state index is 5.22. The van der Waals surface area contributed by atoms with Crippen LogP contribution in [0.4, 0.5) is 0 Å². The van der Waals surface area contributed by atoms with E-state index in [1.807, 2.05) is 18.2 Å². The van der Waals surface area contributed by atoms with Gasteiger partial charge in [0.25, 0.3) is 0 Å². The first-order valence-electron chi connectivity index (χ1n) is 4.78. The standard InChI is InChI=1S/C11H17NO2/c1-4-9(12)8-5-6-10(13-2)11(7-8)14-3/h5-7,9H,4,12H2,1-3H3/p+1. The van der Waals surface area contributed by atoms with E-state index in [2.05, 4.69) is 12.7 Å². The first-order valence-corrected chi connectivity index (χ1v) is 4.78. The molecule has 3 nitrogen and oxygen atoms in total. The van der Waals surface area contributed by atoms with Gasteiger partial charge in [-0.3, -0.25) is 0 Å². The van der Waals surface area contributed by atoms with Gasteiger partial charge in [0, 0.05) is 12.0 Å². The molecule has 0 aliphatic rings. The summed E-state index contributed by atoms with van der Waals surface area (Å²) in [7, 11) is 3.28. The highest BCUT2D eigenvalue weighted by molar-refractivity contribution is 5.43. The summed E-state index contributed by atoms with van der Waals surface area (Å²) in [4.78, 5) is 0. The summed E-state index contributed by atoms with van der Waals surface area (Å²) in [5, 5.41) is 0. The molecule has 0 saturated heterocycles. The summed E-state index contributed by atoms with van der Waals surface area (Å²) in [6, 6.07) is 6.25. The normalized spacial score (nSPS) is 12.3. The Morgan fingerprint density at radius 3 is 2.36 bits per heavy atom. The highest BCUT2D eigenvalue weighted by Crippen LogP contribution is 2.29. The van der Waals surface area contributed by atoms with E-state index < -0.39 is 0 Å². The summed E-state index contributed by atoms with van der Waals surface area (Å²) in [6.07, 6.45) is 1.02. The van der Waals surface area contributed by atoms with Crippen molar-refractivity contribution in [3.8, 4) is 11.5 Å². The monoisotopic (exact) mass is 196 g/mol. The van der Waals surface area contributed by atoms with Gasteiger partial charge in [-0.2, -0.15) is 0 Å². The number of rotatable bonds is 4. The number of benzene rings is 1. The Balaban J connectivity index is 3.01. The SMILES string of the molecule is CCC([NH3+])c1ccc(OC)c(OC)c1. The van der Waals surface area contributed by atoms with E-state index >= 15 is 0 Å². The van der Waals surface area contributed by atoms with Crippen molar-refractivity contribution < 1.29 is 15.2 Å². The molecule has 1 unspecified atom stereocenters. The quantitative estimate of drug-likeness (QED) is 0.791. The van der Waals surface area contributed by atoms with Crippen LogP contribution in [0.3, 0.4) is 0 Å². The molecule has 1 aromatic rings. The second-order valence-corrected chi connectivity index (χ2v) is 3.22. The number of methoxy groups -OCH3 is 2. The van der Waals surface area contributed by atoms with Crippen LogP contribution in [0, 0.1) is 0 Å². The predicted molar refractivity (Wildman–Crippen MR) is 55.5 cm³/mol. The fraction of sp³-hybridized carbons (Fsp3) is 0.455. The number of hydrogen-bond acceptors (Lipinski definition) is 2. The lowest BCUT2D eigenvalue weighted by Crippen LogP contribution is -2.53. The van der Waals surface area contributed by atoms with Crippen molar-refractivity contribution in [2.24, 2.45) is 0 Å². The van der Waals surface area contributed by atoms with Crippen molar-refractivity contribution in [1.29, 1.82) is 0 Å². The zero-order valence-corrected chi connectivity index (χ0v) is 9.04. The van der Waals surface area contributed by atoms with Crippen LogP contribution in [-0.4, -0.2) is 14.2 Å². The first-order chi connectivity index (χ1) is 6.72. The molecule has 1 rings (SSSR count). The van der Waals surface area contributed by atoms with E-state index in [1.54, 1.807) is 14.2 Å². The molecular weight excluding hydrogens is 178 g/mol. The van der Waals surface area contributed by atoms with Crippen LogP contribution in [0.2, 0.25) is 0 Å². The van der Waals surface area contributed by atoms with Gasteiger partial charge in [0.15, 0.2) is 11.5 Å². The molecule has 14 heavy (non-hydrogen) atoms. The van der Waals surface area contributed by atoms with Crippen molar-refractivity contribution in [1.82, 2.24) is 0 Å². The maximum absolute atomic E-state index is 5.22. The lowest BCUT2D eigenvalue weighted by atomic mass is 10.1. The second kappa shape index (κ2) is 4.86. The van der Waals surface area contributed by atoms with Gasteiger partial charge in [0.2, 0.25) is 0 Å². The molecule has 0 heterocycles. The molecule has 3 N–H and O–H groups in total. The number of quaternary nitrogens is 1. The average molecular weight is 196 g/mol. The van der Waals surface area contributed by atoms with Crippen molar-refractivity contribution >= 4 is 0 Å². The van der Waals surface area contributed by atoms with E-state index in [0.717, 1.165) is 17.9 Å². The molecule has 0 saturated carbocycles. The van der Waals surface area contributed by atoms with E-state index in [9.17, 15) is 0 Å². The van der Waals surface area contributed by atoms with Gasteiger partial charge in [-0.25, -0.2) is 0 Å². The summed E-state index contributed by atoms with van der Waals surface area (Å²) in [5.74, 6) is 1.53. The Labute approximate surface area is 84.8 Å². The summed E-state index contributed by atoms with van der Waals surface area (Å²) in [5.41, 5.74) is 5.25. The third-order valence-electron chi connectivity index (χ3n) is 2.37. The van der Waals surface area contributed by atoms with Crippen LogP contribution in [0.15, 0.2) is 18.2 Å². The van der Waals surface area contributed by atoms with Gasteiger partial charge in [-0.15, -0.1) is 0 Å². The van der Waals surface area contributed by atoms with Crippen LogP contribution in [0.1, 0.15) is 24.9 Å². The lowest BCUT2D eigenvalue weighted by Gasteiger charge is -2.11.